The van der Waals surface area contributed by atoms with Gasteiger partial charge >= 0.3 is 0 Å². The second-order valence-corrected chi connectivity index (χ2v) is 37.1. The minimum Gasteiger partial charge on any atom is -0.396 e. The Morgan fingerprint density at radius 2 is 0.479 bits per heavy atom. The van der Waals surface area contributed by atoms with Gasteiger partial charge in [-0.05, 0) is 49.6 Å². The molecule has 10 aliphatic rings. The van der Waals surface area contributed by atoms with Gasteiger partial charge in [0, 0.05) is 167 Å². The predicted octanol–water partition coefficient (Wildman–Crippen LogP) is -11.0. The average molecular weight is 2130 g/mol. The molecule has 10 aliphatic heterocycles. The summed E-state index contributed by atoms with van der Waals surface area (Å²) >= 11 is 0. The lowest BCUT2D eigenvalue weighted by molar-refractivity contribution is -0.397. The highest BCUT2D eigenvalue weighted by molar-refractivity contribution is 5.04. The van der Waals surface area contributed by atoms with Crippen molar-refractivity contribution in [2.45, 2.75) is 329 Å². The van der Waals surface area contributed by atoms with Gasteiger partial charge in [-0.25, -0.2) is 0 Å². The number of methoxy groups -OCH3 is 7. The van der Waals surface area contributed by atoms with Crippen LogP contribution in [0, 0.1) is 41.4 Å². The molecule has 0 aromatic heterocycles. The van der Waals surface area contributed by atoms with E-state index in [0.29, 0.717) is 51.6 Å². The minimum absolute atomic E-state index is 0.0128. The number of hydrogen-bond acceptors (Lipinski definition) is 54. The van der Waals surface area contributed by atoms with E-state index < -0.39 is 378 Å². The fourth-order valence-electron chi connectivity index (χ4n) is 20.3. The third-order valence-electron chi connectivity index (χ3n) is 28.3. The molecule has 58 nitrogen and oxygen atoms in total. The van der Waals surface area contributed by atoms with Crippen LogP contribution < -0.4 is 0 Å². The summed E-state index contributed by atoms with van der Waals surface area (Å²) < 4.78 is 164. The Balaban J connectivity index is 0.000000333. The number of ether oxygens (including phenoxy) is 27. The first-order chi connectivity index (χ1) is 70.5. The standard InChI is InChI=1S/C52H95N3O26.C36H63N3O26/c1-65-25-37-32(22-62)40(78-49-43(68-4)30(20-60)28(18-58)36(74-49)13-16-57)45(69-5)50(75-37)79-41-33(23-63)38(26-66-2)76-51(46(41)70-6)80-42-34(24-64)39(27-67-3)77-52(47(42)71-7)81-44-31(21-61)29(19-59)35(12-15-56)73-48(44)72-17-11-9-8-10-14-54-55-53;37-39-38-5-3-1-2-4-6-56-36-31(23(51)18(46)13(8-41)61-36)65-35-27(55)30(21(49)16(11-44)60-35)64-34-26(54)29(20(48)15(10-43)59-34)63-33-25(53)28(19(47)14(9-42)58-33)62-32-24(52)22(50)17(45)12(7-40)57-32/h28-52,56-64H,8-27H2,1-7H3;12-36,40-55H,1-11H2/t28-,29-,30-,31-,32+,33+,34+,35?,36?,37?,38?,39?,40-,41-,42-,43?,44?,45?,46?,47?,48-,49+,50+,51+,52+;12?,13?,14?,15?,16?,17-,18-,19-,20-,21-,22+,23+,24?,25?,26?,27?,28+,29+,30+,31?,32-,33-,34-,35-,36+/m01/s1. The van der Waals surface area contributed by atoms with Crippen LogP contribution in [0.1, 0.15) is 64.2 Å². The van der Waals surface area contributed by atoms with Gasteiger partial charge in [-0.2, -0.15) is 0 Å². The number of nitrogens with zero attached hydrogens (tertiary/aromatic N) is 6. The van der Waals surface area contributed by atoms with Gasteiger partial charge in [-0.1, -0.05) is 35.9 Å². The van der Waals surface area contributed by atoms with Crippen molar-refractivity contribution in [2.24, 2.45) is 51.7 Å². The molecule has 0 aromatic carbocycles. The van der Waals surface area contributed by atoms with Crippen molar-refractivity contribution in [3.63, 3.8) is 0 Å². The quantitative estimate of drug-likeness (QED) is 0.0116. The van der Waals surface area contributed by atoms with E-state index in [1.54, 1.807) is 0 Å². The Hall–Kier alpha value is -3.46. The second-order valence-electron chi connectivity index (χ2n) is 37.1. The van der Waals surface area contributed by atoms with Gasteiger partial charge in [0.15, 0.2) is 62.9 Å². The van der Waals surface area contributed by atoms with Gasteiger partial charge in [0.2, 0.25) is 0 Å². The molecule has 58 heteroatoms. The Morgan fingerprint density at radius 1 is 0.219 bits per heavy atom. The van der Waals surface area contributed by atoms with E-state index in [1.165, 1.54) is 49.8 Å². The Morgan fingerprint density at radius 3 is 0.795 bits per heavy atom. The van der Waals surface area contributed by atoms with Gasteiger partial charge in [-0.15, -0.1) is 0 Å². The molecule has 146 heavy (non-hydrogen) atoms. The van der Waals surface area contributed by atoms with Crippen LogP contribution in [-0.4, -0.2) is 580 Å². The second kappa shape index (κ2) is 64.3. The number of hydrogen-bond donors (Lipinski definition) is 25. The normalized spacial score (nSPS) is 43.4. The van der Waals surface area contributed by atoms with Crippen molar-refractivity contribution >= 4 is 0 Å². The van der Waals surface area contributed by atoms with Crippen LogP contribution in [0.5, 0.6) is 0 Å². The summed E-state index contributed by atoms with van der Waals surface area (Å²) in [7, 11) is 9.93. The number of aliphatic hydroxyl groups is 25. The molecule has 25 N–H and O–H groups in total. The van der Waals surface area contributed by atoms with Gasteiger partial charge < -0.3 is 256 Å². The largest absolute Gasteiger partial charge is 0.396 e. The van der Waals surface area contributed by atoms with Crippen LogP contribution >= 0.6 is 0 Å². The summed E-state index contributed by atoms with van der Waals surface area (Å²) in [5.74, 6) is -5.50. The van der Waals surface area contributed by atoms with Crippen molar-refractivity contribution in [1.29, 1.82) is 0 Å². The lowest BCUT2D eigenvalue weighted by Gasteiger charge is -2.53. The molecular formula is C88H158N6O52. The van der Waals surface area contributed by atoms with E-state index in [1.807, 2.05) is 0 Å². The summed E-state index contributed by atoms with van der Waals surface area (Å²) in [5.41, 5.74) is 17.1. The molecule has 10 saturated heterocycles. The maximum atomic E-state index is 11.5. The van der Waals surface area contributed by atoms with Crippen LogP contribution in [0.25, 0.3) is 20.9 Å². The molecule has 10 fully saturated rings. The van der Waals surface area contributed by atoms with Crippen molar-refractivity contribution in [1.82, 2.24) is 0 Å². The number of aliphatic hydroxyl groups excluding tert-OH is 25. The summed E-state index contributed by atoms with van der Waals surface area (Å²) in [6.07, 6.45) is -60.7. The van der Waals surface area contributed by atoms with Gasteiger partial charge in [0.25, 0.3) is 0 Å². The molecule has 0 aromatic rings. The first kappa shape index (κ1) is 126. The molecular weight excluding hydrogens is 1970 g/mol. The maximum absolute atomic E-state index is 11.5. The highest BCUT2D eigenvalue weighted by Crippen LogP contribution is 2.46. The zero-order valence-electron chi connectivity index (χ0n) is 82.7. The smallest absolute Gasteiger partial charge is 0.187 e. The SMILES string of the molecule is COCC1O[C@H](O[C@@H]2C(OC)[C@@H](O[C@@H]3C(OC)[C@@H](OC4[C@@H](OCCCCCCN=[N+]=[N-])OC(CCO)[C@@H](CO)[C@@H]4CO)OC(COC)[C@H]3CO)OC(COC)[C@H]2CO)C(OC)[C@@H](O[C@H]2OC(CCO)[C@@H](CO)[C@H](CO)C2OC)[C@@H]1CO.[N-]=[N+]=NCCCCCCO[C@H]1OC(CO)[C@@H](O)[C@H](O)C1O[C@H]1OC(CO)[C@@H](O)[C@H](O[C@H]2OC(CO)[C@@H](O)[C@H](O[C@H]3OC(CO)[C@@H](O)[C@H](O[C@H]4OC(CO)[C@@H](O)[C@H](O)C4O)C3O)C2O)C1O. The summed E-state index contributed by atoms with van der Waals surface area (Å²) in [6, 6.07) is 0. The van der Waals surface area contributed by atoms with E-state index in [2.05, 4.69) is 20.1 Å². The first-order valence-electron chi connectivity index (χ1n) is 49.2. The highest BCUT2D eigenvalue weighted by atomic mass is 16.8. The zero-order valence-corrected chi connectivity index (χ0v) is 82.7. The van der Waals surface area contributed by atoms with E-state index >= 15 is 0 Å². The van der Waals surface area contributed by atoms with Gasteiger partial charge in [0.05, 0.1) is 122 Å². The monoisotopic (exact) mass is 2130 g/mol. The third kappa shape index (κ3) is 31.3. The van der Waals surface area contributed by atoms with Crippen LogP contribution in [0.3, 0.4) is 0 Å². The van der Waals surface area contributed by atoms with Gasteiger partial charge in [0.1, 0.15) is 153 Å². The average Bonchev–Trinajstić information content (AvgIpc) is 0.755. The molecule has 0 spiro atoms. The zero-order chi connectivity index (χ0) is 107. The van der Waals surface area contributed by atoms with Crippen molar-refractivity contribution in [3.05, 3.63) is 20.9 Å². The Bertz CT molecular complexity index is 3650. The molecule has 10 heterocycles. The van der Waals surface area contributed by atoms with Crippen molar-refractivity contribution < 1.29 is 256 Å². The molecule has 0 radical (unpaired) electrons. The highest BCUT2D eigenvalue weighted by Gasteiger charge is 2.63. The van der Waals surface area contributed by atoms with Crippen LogP contribution in [0.15, 0.2) is 10.2 Å². The van der Waals surface area contributed by atoms with Crippen molar-refractivity contribution in [3.8, 4) is 0 Å². The topological polar surface area (TPSA) is 852 Å². The van der Waals surface area contributed by atoms with Crippen molar-refractivity contribution in [2.75, 3.05) is 188 Å². The molecule has 0 saturated carbocycles. The number of rotatable bonds is 58. The Kier molecular flexibility index (Phi) is 55.5. The Labute approximate surface area is 842 Å². The lowest BCUT2D eigenvalue weighted by atomic mass is 9.80. The van der Waals surface area contributed by atoms with Crippen LogP contribution in [0.4, 0.5) is 0 Å². The minimum atomic E-state index is -2.18. The van der Waals surface area contributed by atoms with Gasteiger partial charge in [-0.3, -0.25) is 0 Å². The predicted molar refractivity (Wildman–Crippen MR) is 480 cm³/mol. The lowest BCUT2D eigenvalue weighted by Crippen LogP contribution is -2.68. The van der Waals surface area contributed by atoms with E-state index in [4.69, 9.17) is 139 Å². The fraction of sp³-hybridized carbons (Fsp3) is 1.00. The number of unbranched alkanes of at least 4 members (excludes halogenated alkanes) is 6. The van der Waals surface area contributed by atoms with E-state index in [0.717, 1.165) is 12.8 Å². The van der Waals surface area contributed by atoms with Crippen LogP contribution in [-0.2, 0) is 128 Å². The molecule has 852 valence electrons. The molecule has 0 amide bonds. The van der Waals surface area contributed by atoms with Crippen LogP contribution in [0.2, 0.25) is 0 Å². The third-order valence-corrected chi connectivity index (χ3v) is 28.3. The number of azide groups is 2. The summed E-state index contributed by atoms with van der Waals surface area (Å²) in [5, 5.41) is 273. The summed E-state index contributed by atoms with van der Waals surface area (Å²) in [6.45, 7) is -7.64. The first-order valence-corrected chi connectivity index (χ1v) is 49.2. The molecule has 50 atom stereocenters. The molecule has 0 bridgehead atoms. The van der Waals surface area contributed by atoms with E-state index in [9.17, 15) is 128 Å². The molecule has 20 unspecified atom stereocenters. The summed E-state index contributed by atoms with van der Waals surface area (Å²) in [4.78, 5) is 5.48. The molecule has 10 rings (SSSR count). The van der Waals surface area contributed by atoms with E-state index in [-0.39, 0.29) is 65.7 Å². The fourth-order valence-corrected chi connectivity index (χ4v) is 20.3. The molecule has 0 aliphatic carbocycles. The maximum Gasteiger partial charge on any atom is 0.187 e.